The molecule has 0 aliphatic carbocycles. The van der Waals surface area contributed by atoms with E-state index in [2.05, 4.69) is 9.98 Å². The maximum Gasteiger partial charge on any atom is 0.335 e. The zero-order chi connectivity index (χ0) is 16.9. The molecule has 24 heavy (non-hydrogen) atoms. The van der Waals surface area contributed by atoms with Gasteiger partial charge in [-0.2, -0.15) is 0 Å². The topological polar surface area (TPSA) is 76.7 Å². The van der Waals surface area contributed by atoms with Crippen LogP contribution in [0.5, 0.6) is 5.88 Å². The molecule has 6 heteroatoms. The quantitative estimate of drug-likeness (QED) is 0.731. The highest BCUT2D eigenvalue weighted by Crippen LogP contribution is 2.16. The number of hydrogen-bond acceptors (Lipinski definition) is 4. The van der Waals surface area contributed by atoms with Gasteiger partial charge >= 0.3 is 5.97 Å². The summed E-state index contributed by atoms with van der Waals surface area (Å²) in [5.41, 5.74) is 2.52. The molecule has 0 fully saturated rings. The molecule has 0 spiro atoms. The Bertz CT molecular complexity index is 883. The Morgan fingerprint density at radius 3 is 2.83 bits per heavy atom. The lowest BCUT2D eigenvalue weighted by Crippen LogP contribution is -2.01. The van der Waals surface area contributed by atoms with Crippen LogP contribution in [0.4, 0.5) is 5.69 Å². The van der Waals surface area contributed by atoms with Gasteiger partial charge in [0.15, 0.2) is 0 Å². The second kappa shape index (κ2) is 6.78. The third-order valence-electron chi connectivity index (χ3n) is 3.43. The Hall–Kier alpha value is -3.41. The smallest absolute Gasteiger partial charge is 0.335 e. The third kappa shape index (κ3) is 3.33. The molecule has 0 unspecified atom stereocenters. The molecule has 2 heterocycles. The lowest BCUT2D eigenvalue weighted by molar-refractivity contribution is 0.0697. The molecule has 6 nitrogen and oxygen atoms in total. The van der Waals surface area contributed by atoms with Gasteiger partial charge in [-0.3, -0.25) is 4.99 Å². The van der Waals surface area contributed by atoms with Crippen molar-refractivity contribution in [2.45, 2.75) is 0 Å². The molecule has 0 bridgehead atoms. The van der Waals surface area contributed by atoms with Crippen molar-refractivity contribution in [3.8, 4) is 11.6 Å². The van der Waals surface area contributed by atoms with E-state index >= 15 is 0 Å². The Morgan fingerprint density at radius 2 is 2.12 bits per heavy atom. The molecular weight excluding hydrogens is 306 g/mol. The number of carbonyl (C=O) groups is 1. The Labute approximate surface area is 138 Å². The summed E-state index contributed by atoms with van der Waals surface area (Å²) in [5.74, 6) is -0.425. The number of rotatable bonds is 5. The maximum absolute atomic E-state index is 11.1. The van der Waals surface area contributed by atoms with Crippen LogP contribution in [0.15, 0.2) is 65.9 Å². The highest BCUT2D eigenvalue weighted by atomic mass is 16.5. The molecule has 120 valence electrons. The van der Waals surface area contributed by atoms with E-state index in [1.165, 1.54) is 0 Å². The molecule has 0 saturated heterocycles. The second-order valence-corrected chi connectivity index (χ2v) is 4.98. The minimum atomic E-state index is -0.955. The predicted molar refractivity (Wildman–Crippen MR) is 90.8 cm³/mol. The first-order chi connectivity index (χ1) is 11.7. The summed E-state index contributed by atoms with van der Waals surface area (Å²) < 4.78 is 6.88. The van der Waals surface area contributed by atoms with Crippen molar-refractivity contribution in [3.63, 3.8) is 0 Å². The summed E-state index contributed by atoms with van der Waals surface area (Å²) in [4.78, 5) is 19.6. The summed E-state index contributed by atoms with van der Waals surface area (Å²) >= 11 is 0. The van der Waals surface area contributed by atoms with E-state index in [0.717, 1.165) is 11.4 Å². The van der Waals surface area contributed by atoms with Crippen LogP contribution in [0.1, 0.15) is 16.1 Å². The zero-order valence-corrected chi connectivity index (χ0v) is 13.0. The van der Waals surface area contributed by atoms with Crippen LogP contribution in [0, 0.1) is 0 Å². The Balaban J connectivity index is 1.88. The van der Waals surface area contributed by atoms with Gasteiger partial charge in [0.2, 0.25) is 5.88 Å². The number of carboxylic acids is 1. The molecule has 0 atom stereocenters. The molecule has 1 N–H and O–H groups in total. The summed E-state index contributed by atoms with van der Waals surface area (Å²) in [5, 5.41) is 9.12. The summed E-state index contributed by atoms with van der Waals surface area (Å²) in [6, 6.07) is 14.1. The first kappa shape index (κ1) is 15.5. The number of aromatic carboxylic acids is 1. The first-order valence-corrected chi connectivity index (χ1v) is 7.22. The van der Waals surface area contributed by atoms with E-state index in [4.69, 9.17) is 9.84 Å². The van der Waals surface area contributed by atoms with E-state index in [-0.39, 0.29) is 5.56 Å². The molecule has 0 amide bonds. The van der Waals surface area contributed by atoms with Gasteiger partial charge in [0.25, 0.3) is 0 Å². The third-order valence-corrected chi connectivity index (χ3v) is 3.43. The largest absolute Gasteiger partial charge is 0.481 e. The molecule has 0 radical (unpaired) electrons. The minimum absolute atomic E-state index is 0.239. The number of hydrogen-bond donors (Lipinski definition) is 1. The second-order valence-electron chi connectivity index (χ2n) is 4.98. The number of pyridine rings is 1. The van der Waals surface area contributed by atoms with Gasteiger partial charge in [-0.25, -0.2) is 9.78 Å². The van der Waals surface area contributed by atoms with Gasteiger partial charge in [-0.05, 0) is 36.4 Å². The number of carboxylic acid groups (broad SMARTS) is 1. The monoisotopic (exact) mass is 321 g/mol. The molecule has 0 aliphatic heterocycles. The summed E-state index contributed by atoms with van der Waals surface area (Å²) in [7, 11) is 1.56. The fourth-order valence-electron chi connectivity index (χ4n) is 2.23. The molecule has 1 aromatic carbocycles. The van der Waals surface area contributed by atoms with Crippen LogP contribution < -0.4 is 4.74 Å². The Morgan fingerprint density at radius 1 is 1.25 bits per heavy atom. The van der Waals surface area contributed by atoms with Crippen LogP contribution in [0.3, 0.4) is 0 Å². The van der Waals surface area contributed by atoms with E-state index < -0.39 is 5.97 Å². The predicted octanol–water partition coefficient (Wildman–Crippen LogP) is 3.33. The lowest BCUT2D eigenvalue weighted by atomic mass is 10.2. The van der Waals surface area contributed by atoms with Crippen LogP contribution in [-0.2, 0) is 0 Å². The van der Waals surface area contributed by atoms with Crippen molar-refractivity contribution in [3.05, 3.63) is 72.2 Å². The van der Waals surface area contributed by atoms with Crippen LogP contribution in [0.25, 0.3) is 5.69 Å². The van der Waals surface area contributed by atoms with Crippen molar-refractivity contribution in [2.75, 3.05) is 7.11 Å². The fraction of sp³-hybridized carbons (Fsp3) is 0.0556. The van der Waals surface area contributed by atoms with E-state index in [1.54, 1.807) is 49.9 Å². The normalized spacial score (nSPS) is 10.9. The molecule has 3 aromatic rings. The van der Waals surface area contributed by atoms with Crippen LogP contribution in [-0.4, -0.2) is 34.0 Å². The number of benzene rings is 1. The lowest BCUT2D eigenvalue weighted by Gasteiger charge is -2.07. The first-order valence-electron chi connectivity index (χ1n) is 7.22. The van der Waals surface area contributed by atoms with Gasteiger partial charge in [0, 0.05) is 18.0 Å². The van der Waals surface area contributed by atoms with E-state index in [1.807, 2.05) is 29.0 Å². The molecule has 2 aromatic heterocycles. The van der Waals surface area contributed by atoms with E-state index in [9.17, 15) is 4.79 Å². The molecule has 3 rings (SSSR count). The Kier molecular flexibility index (Phi) is 4.38. The highest BCUT2D eigenvalue weighted by Gasteiger charge is 2.06. The molecule has 0 aliphatic rings. The average molecular weight is 321 g/mol. The van der Waals surface area contributed by atoms with Gasteiger partial charge < -0.3 is 14.4 Å². The van der Waals surface area contributed by atoms with Crippen molar-refractivity contribution >= 4 is 17.9 Å². The van der Waals surface area contributed by atoms with Crippen molar-refractivity contribution in [1.29, 1.82) is 0 Å². The highest BCUT2D eigenvalue weighted by molar-refractivity contribution is 5.88. The average Bonchev–Trinajstić information content (AvgIpc) is 3.09. The van der Waals surface area contributed by atoms with Crippen LogP contribution >= 0.6 is 0 Å². The zero-order valence-electron chi connectivity index (χ0n) is 13.0. The van der Waals surface area contributed by atoms with Crippen molar-refractivity contribution in [1.82, 2.24) is 9.55 Å². The fourth-order valence-corrected chi connectivity index (χ4v) is 2.23. The maximum atomic E-state index is 11.1. The number of ether oxygens (including phenoxy) is 1. The van der Waals surface area contributed by atoms with Gasteiger partial charge in [0.05, 0.1) is 36.5 Å². The molecule has 0 saturated carbocycles. The number of nitrogens with zero attached hydrogens (tertiary/aromatic N) is 3. The van der Waals surface area contributed by atoms with Crippen LogP contribution in [0.2, 0.25) is 0 Å². The standard InChI is InChI=1S/C18H15N3O3/c1-24-17-8-7-14(11-20-17)19-12-16-6-3-9-21(16)15-5-2-4-13(10-15)18(22)23/h2-12H,1H3,(H,22,23). The summed E-state index contributed by atoms with van der Waals surface area (Å²) in [6.07, 6.45) is 5.18. The number of aliphatic imine (C=N–C) groups is 1. The number of aromatic nitrogens is 2. The minimum Gasteiger partial charge on any atom is -0.481 e. The van der Waals surface area contributed by atoms with Gasteiger partial charge in [-0.1, -0.05) is 6.07 Å². The van der Waals surface area contributed by atoms with Gasteiger partial charge in [-0.15, -0.1) is 0 Å². The SMILES string of the molecule is COc1ccc(N=Cc2cccn2-c2cccc(C(=O)O)c2)cn1. The van der Waals surface area contributed by atoms with Crippen molar-refractivity contribution < 1.29 is 14.6 Å². The molecular formula is C18H15N3O3. The van der Waals surface area contributed by atoms with Gasteiger partial charge in [0.1, 0.15) is 0 Å². The van der Waals surface area contributed by atoms with Crippen molar-refractivity contribution in [2.24, 2.45) is 4.99 Å². The van der Waals surface area contributed by atoms with E-state index in [0.29, 0.717) is 11.6 Å². The summed E-state index contributed by atoms with van der Waals surface area (Å²) in [6.45, 7) is 0. The number of methoxy groups -OCH3 is 1.